The molecule has 4 nitrogen and oxygen atoms in total. The highest BCUT2D eigenvalue weighted by Gasteiger charge is 2.58. The highest BCUT2D eigenvalue weighted by molar-refractivity contribution is 14.1. The molecule has 20 heavy (non-hydrogen) atoms. The summed E-state index contributed by atoms with van der Waals surface area (Å²) in [4.78, 5) is 0. The third-order valence-electron chi connectivity index (χ3n) is 3.71. The van der Waals surface area contributed by atoms with Gasteiger partial charge in [-0.25, -0.2) is 0 Å². The average Bonchev–Trinajstić information content (AvgIpc) is 2.69. The second kappa shape index (κ2) is 5.44. The predicted octanol–water partition coefficient (Wildman–Crippen LogP) is 3.00. The van der Waals surface area contributed by atoms with E-state index in [-0.39, 0.29) is 16.8 Å². The van der Waals surface area contributed by atoms with Crippen molar-refractivity contribution in [2.75, 3.05) is 19.8 Å². The Morgan fingerprint density at radius 3 is 1.85 bits per heavy atom. The van der Waals surface area contributed by atoms with E-state index in [4.69, 9.17) is 9.47 Å². The van der Waals surface area contributed by atoms with Crippen LogP contribution in [-0.2, 0) is 9.47 Å². The van der Waals surface area contributed by atoms with Crippen LogP contribution in [0.15, 0.2) is 12.4 Å². The van der Waals surface area contributed by atoms with Crippen molar-refractivity contribution < 1.29 is 9.47 Å². The molecule has 2 rings (SSSR count). The molecule has 0 aromatic heterocycles. The highest BCUT2D eigenvalue weighted by atomic mass is 127. The number of rotatable bonds is 1. The Labute approximate surface area is 136 Å². The molecule has 116 valence electrons. The van der Waals surface area contributed by atoms with Gasteiger partial charge in [0.15, 0.2) is 0 Å². The van der Waals surface area contributed by atoms with E-state index in [2.05, 4.69) is 84.9 Å². The smallest absolute Gasteiger partial charge is 0.364 e. The number of ether oxygens (including phenoxy) is 2. The topological polar surface area (TPSA) is 24.9 Å². The summed E-state index contributed by atoms with van der Waals surface area (Å²) < 4.78 is 16.9. The number of nitrogens with zero attached hydrogens (tertiary/aromatic N) is 2. The van der Waals surface area contributed by atoms with E-state index >= 15 is 0 Å². The molecule has 1 fully saturated rings. The van der Waals surface area contributed by atoms with E-state index in [1.807, 2.05) is 0 Å². The predicted molar refractivity (Wildman–Crippen MR) is 92.7 cm³/mol. The Hall–Kier alpha value is 0.207. The molecule has 0 aliphatic carbocycles. The maximum atomic E-state index is 6.12. The lowest BCUT2D eigenvalue weighted by Gasteiger charge is -2.52. The fourth-order valence-corrected chi connectivity index (χ4v) is 13.2. The molecule has 1 unspecified atom stereocenters. The molecular weight excluding hydrogens is 383 g/mol. The monoisotopic (exact) mass is 410 g/mol. The second-order valence-electron chi connectivity index (χ2n) is 7.45. The highest BCUT2D eigenvalue weighted by Crippen LogP contribution is 2.43. The summed E-state index contributed by atoms with van der Waals surface area (Å²) in [6.45, 7) is 15.8. The lowest BCUT2D eigenvalue weighted by Crippen LogP contribution is -2.71. The molecule has 0 radical (unpaired) electrons. The lowest BCUT2D eigenvalue weighted by atomic mass is 10.1. The summed E-state index contributed by atoms with van der Waals surface area (Å²) in [6, 6.07) is 0. The molecule has 0 spiro atoms. The zero-order chi connectivity index (χ0) is 15.2. The van der Waals surface area contributed by atoms with E-state index in [0.29, 0.717) is 13.2 Å². The maximum absolute atomic E-state index is 6.12. The minimum Gasteiger partial charge on any atom is -0.377 e. The van der Waals surface area contributed by atoms with Crippen molar-refractivity contribution >= 4 is 27.7 Å². The van der Waals surface area contributed by atoms with Gasteiger partial charge in [-0.2, -0.15) is 0 Å². The van der Waals surface area contributed by atoms with Crippen LogP contribution >= 0.6 is 21.8 Å². The Morgan fingerprint density at radius 1 is 1.00 bits per heavy atom. The zero-order valence-corrected chi connectivity index (χ0v) is 16.6. The average molecular weight is 410 g/mol. The van der Waals surface area contributed by atoms with Crippen molar-refractivity contribution in [1.29, 1.82) is 0 Å². The summed E-state index contributed by atoms with van der Waals surface area (Å²) in [7, 11) is 0. The quantitative estimate of drug-likeness (QED) is 0.377. The molecule has 0 aromatic carbocycles. The summed E-state index contributed by atoms with van der Waals surface area (Å²) in [6.07, 6.45) is 4.50. The first kappa shape index (κ1) is 16.6. The molecule has 6 heteroatoms. The molecule has 0 aromatic rings. The van der Waals surface area contributed by atoms with Crippen LogP contribution in [0, 0.1) is 0 Å². The van der Waals surface area contributed by atoms with Crippen LogP contribution in [0.4, 0.5) is 0 Å². The minimum absolute atomic E-state index is 0.0880. The SMILES string of the molecule is CC(C)(C)N1C=CN(C(C)(C)C)[Si]1(I)C1COCCO1. The first-order valence-corrected chi connectivity index (χ1v) is 12.3. The van der Waals surface area contributed by atoms with Crippen molar-refractivity contribution in [1.82, 2.24) is 9.13 Å². The van der Waals surface area contributed by atoms with Crippen LogP contribution in [0.25, 0.3) is 0 Å². The van der Waals surface area contributed by atoms with Crippen molar-refractivity contribution in [2.45, 2.75) is 58.3 Å². The van der Waals surface area contributed by atoms with E-state index < -0.39 is 5.89 Å². The van der Waals surface area contributed by atoms with Gasteiger partial charge < -0.3 is 18.6 Å². The lowest BCUT2D eigenvalue weighted by molar-refractivity contribution is -0.0636. The van der Waals surface area contributed by atoms with Crippen LogP contribution < -0.4 is 0 Å². The van der Waals surface area contributed by atoms with Crippen LogP contribution in [0.3, 0.4) is 0 Å². The Kier molecular flexibility index (Phi) is 4.51. The zero-order valence-electron chi connectivity index (χ0n) is 13.4. The van der Waals surface area contributed by atoms with Crippen molar-refractivity contribution in [3.8, 4) is 0 Å². The second-order valence-corrected chi connectivity index (χ2v) is 15.1. The van der Waals surface area contributed by atoms with Crippen molar-refractivity contribution in [3.63, 3.8) is 0 Å². The van der Waals surface area contributed by atoms with Gasteiger partial charge in [-0.3, -0.25) is 0 Å². The fraction of sp³-hybridized carbons (Fsp3) is 0.857. The van der Waals surface area contributed by atoms with Crippen LogP contribution in [-0.4, -0.2) is 51.7 Å². The molecule has 0 bridgehead atoms. The van der Waals surface area contributed by atoms with E-state index in [1.165, 1.54) is 0 Å². The first-order chi connectivity index (χ1) is 9.08. The molecule has 0 N–H and O–H groups in total. The van der Waals surface area contributed by atoms with Crippen LogP contribution in [0.5, 0.6) is 0 Å². The molecule has 2 aliphatic rings. The van der Waals surface area contributed by atoms with Gasteiger partial charge in [-0.1, -0.05) is 21.8 Å². The van der Waals surface area contributed by atoms with Crippen LogP contribution in [0.2, 0.25) is 0 Å². The summed E-state index contributed by atoms with van der Waals surface area (Å²) in [5.74, 6) is -2.04. The van der Waals surface area contributed by atoms with Gasteiger partial charge in [0, 0.05) is 23.5 Å². The standard InChI is InChI=1S/C14H27IN2O2Si/c1-13(2,3)16-7-8-17(14(4,5)6)20(16,15)12-11-18-9-10-19-12/h7-8,12H,9-11H2,1-6H3. The van der Waals surface area contributed by atoms with Crippen molar-refractivity contribution in [2.24, 2.45) is 0 Å². The van der Waals surface area contributed by atoms with Gasteiger partial charge in [-0.05, 0) is 41.5 Å². The first-order valence-electron chi connectivity index (χ1n) is 7.23. The van der Waals surface area contributed by atoms with E-state index in [9.17, 15) is 0 Å². The molecule has 2 heterocycles. The number of hydrogen-bond donors (Lipinski definition) is 0. The molecule has 1 atom stereocenters. The minimum atomic E-state index is -2.04. The Bertz CT molecular complexity index is 360. The number of hydrogen-bond acceptors (Lipinski definition) is 4. The summed E-state index contributed by atoms with van der Waals surface area (Å²) in [5, 5.41) is 0. The van der Waals surface area contributed by atoms with Gasteiger partial charge in [-0.15, -0.1) is 0 Å². The third kappa shape index (κ3) is 2.89. The molecule has 0 saturated carbocycles. The number of halogens is 1. The van der Waals surface area contributed by atoms with Gasteiger partial charge in [0.2, 0.25) is 0 Å². The van der Waals surface area contributed by atoms with Gasteiger partial charge in [0.05, 0.1) is 19.8 Å². The van der Waals surface area contributed by atoms with E-state index in [1.54, 1.807) is 0 Å². The molecule has 1 saturated heterocycles. The van der Waals surface area contributed by atoms with Gasteiger partial charge in [0.1, 0.15) is 5.73 Å². The van der Waals surface area contributed by atoms with Crippen LogP contribution in [0.1, 0.15) is 41.5 Å². The van der Waals surface area contributed by atoms with Gasteiger partial charge in [0.25, 0.3) is 0 Å². The molecular formula is C14H27IN2O2Si. The Balaban J connectivity index is 2.39. The Morgan fingerprint density at radius 2 is 1.50 bits per heavy atom. The fourth-order valence-electron chi connectivity index (χ4n) is 2.86. The van der Waals surface area contributed by atoms with Crippen molar-refractivity contribution in [3.05, 3.63) is 12.4 Å². The molecule has 2 aliphatic heterocycles. The molecule has 0 amide bonds. The third-order valence-corrected chi connectivity index (χ3v) is 13.1. The summed E-state index contributed by atoms with van der Waals surface area (Å²) in [5.41, 5.74) is 0.348. The normalized spacial score (nSPS) is 27.2. The summed E-state index contributed by atoms with van der Waals surface area (Å²) >= 11 is 2.68. The maximum Gasteiger partial charge on any atom is 0.364 e. The van der Waals surface area contributed by atoms with Gasteiger partial charge >= 0.3 is 5.89 Å². The van der Waals surface area contributed by atoms with E-state index in [0.717, 1.165) is 6.61 Å². The largest absolute Gasteiger partial charge is 0.377 e.